The normalized spacial score (nSPS) is 15.9. The molecule has 48 heavy (non-hydrogen) atoms. The maximum atomic E-state index is 14.4. The Morgan fingerprint density at radius 1 is 0.833 bits per heavy atom. The van der Waals surface area contributed by atoms with Crippen LogP contribution in [0.4, 0.5) is 0 Å². The van der Waals surface area contributed by atoms with Gasteiger partial charge in [0.1, 0.15) is 33.6 Å². The Morgan fingerprint density at radius 3 is 2.04 bits per heavy atom. The molecule has 1 fully saturated rings. The van der Waals surface area contributed by atoms with Crippen LogP contribution < -0.4 is 43.9 Å². The van der Waals surface area contributed by atoms with Crippen molar-refractivity contribution >= 4 is 20.8 Å². The number of rotatable bonds is 13. The van der Waals surface area contributed by atoms with Crippen molar-refractivity contribution in [2.24, 2.45) is 0 Å². The van der Waals surface area contributed by atoms with Crippen LogP contribution in [0.3, 0.4) is 0 Å². The van der Waals surface area contributed by atoms with Gasteiger partial charge in [-0.1, -0.05) is 6.92 Å². The van der Waals surface area contributed by atoms with E-state index in [9.17, 15) is 13.2 Å². The summed E-state index contributed by atoms with van der Waals surface area (Å²) < 4.78 is 73.1. The molecular weight excluding hydrogens is 644 g/mol. The van der Waals surface area contributed by atoms with Crippen LogP contribution in [0.2, 0.25) is 0 Å². The van der Waals surface area contributed by atoms with E-state index >= 15 is 0 Å². The van der Waals surface area contributed by atoms with Gasteiger partial charge in [-0.25, -0.2) is 8.42 Å². The molecule has 4 aromatic rings. The van der Waals surface area contributed by atoms with Crippen LogP contribution in [0.5, 0.6) is 40.2 Å². The SMILES string of the molecule is CCC(Oc1c(-c2cc(OC)c(OC)c(OC)c2)oc2cc(OC)cc(OC)c2c1=O)N1CCNC(S(=O)(=O)c2ccc(OC)cc2)C1. The average Bonchev–Trinajstić information content (AvgIpc) is 3.13. The number of methoxy groups -OCH3 is 6. The van der Waals surface area contributed by atoms with Crippen LogP contribution in [0, 0.1) is 0 Å². The van der Waals surface area contributed by atoms with Gasteiger partial charge in [-0.15, -0.1) is 0 Å². The highest BCUT2D eigenvalue weighted by atomic mass is 32.2. The summed E-state index contributed by atoms with van der Waals surface area (Å²) in [6.45, 7) is 2.84. The molecule has 0 radical (unpaired) electrons. The molecule has 1 N–H and O–H groups in total. The number of hydrogen-bond donors (Lipinski definition) is 1. The first-order valence-corrected chi connectivity index (χ1v) is 16.7. The van der Waals surface area contributed by atoms with E-state index in [1.165, 1.54) is 54.8 Å². The molecule has 0 spiro atoms. The molecule has 2 atom stereocenters. The Balaban J connectivity index is 1.61. The van der Waals surface area contributed by atoms with Gasteiger partial charge >= 0.3 is 0 Å². The van der Waals surface area contributed by atoms with E-state index in [0.29, 0.717) is 53.8 Å². The second-order valence-electron chi connectivity index (χ2n) is 10.8. The zero-order valence-corrected chi connectivity index (χ0v) is 28.8. The molecule has 13 nitrogen and oxygen atoms in total. The topological polar surface area (TPSA) is 144 Å². The van der Waals surface area contributed by atoms with E-state index in [1.807, 2.05) is 11.8 Å². The van der Waals surface area contributed by atoms with Gasteiger partial charge in [0, 0.05) is 37.3 Å². The van der Waals surface area contributed by atoms with Crippen molar-refractivity contribution in [2.45, 2.75) is 29.8 Å². The molecule has 0 aliphatic carbocycles. The van der Waals surface area contributed by atoms with Crippen molar-refractivity contribution in [3.63, 3.8) is 0 Å². The Hall–Kier alpha value is -4.66. The van der Waals surface area contributed by atoms with Gasteiger partial charge in [0.2, 0.25) is 16.9 Å². The highest BCUT2D eigenvalue weighted by Crippen LogP contribution is 2.44. The summed E-state index contributed by atoms with van der Waals surface area (Å²) in [5.74, 6) is 2.24. The molecule has 3 aromatic carbocycles. The minimum Gasteiger partial charge on any atom is -0.497 e. The fourth-order valence-corrected chi connectivity index (χ4v) is 7.29. The number of ether oxygens (including phenoxy) is 7. The molecule has 14 heteroatoms. The van der Waals surface area contributed by atoms with E-state index in [4.69, 9.17) is 37.6 Å². The Labute approximate surface area is 279 Å². The fourth-order valence-electron chi connectivity index (χ4n) is 5.72. The van der Waals surface area contributed by atoms with Gasteiger partial charge < -0.3 is 37.6 Å². The third-order valence-corrected chi connectivity index (χ3v) is 10.2. The Bertz CT molecular complexity index is 1900. The van der Waals surface area contributed by atoms with Crippen molar-refractivity contribution in [3.8, 4) is 51.6 Å². The van der Waals surface area contributed by atoms with Crippen LogP contribution in [0.1, 0.15) is 13.3 Å². The van der Waals surface area contributed by atoms with Gasteiger partial charge in [0.05, 0.1) is 47.6 Å². The lowest BCUT2D eigenvalue weighted by atomic mass is 10.1. The number of nitrogens with zero attached hydrogens (tertiary/aromatic N) is 1. The van der Waals surface area contributed by atoms with E-state index in [1.54, 1.807) is 36.4 Å². The van der Waals surface area contributed by atoms with Crippen molar-refractivity contribution < 1.29 is 46.0 Å². The number of fused-ring (bicyclic) bond motifs is 1. The Morgan fingerprint density at radius 2 is 1.48 bits per heavy atom. The largest absolute Gasteiger partial charge is 0.497 e. The zero-order valence-electron chi connectivity index (χ0n) is 27.9. The minimum absolute atomic E-state index is 0.0954. The maximum absolute atomic E-state index is 14.4. The molecule has 0 bridgehead atoms. The van der Waals surface area contributed by atoms with Crippen LogP contribution >= 0.6 is 0 Å². The van der Waals surface area contributed by atoms with Crippen LogP contribution in [0.25, 0.3) is 22.3 Å². The van der Waals surface area contributed by atoms with E-state index in [-0.39, 0.29) is 39.7 Å². The first-order valence-electron chi connectivity index (χ1n) is 15.2. The molecule has 1 saturated heterocycles. The second-order valence-corrected chi connectivity index (χ2v) is 13.0. The quantitative estimate of drug-likeness (QED) is 0.214. The molecule has 2 unspecified atom stereocenters. The summed E-state index contributed by atoms with van der Waals surface area (Å²) in [7, 11) is 5.15. The highest BCUT2D eigenvalue weighted by molar-refractivity contribution is 7.92. The summed E-state index contributed by atoms with van der Waals surface area (Å²) in [6.07, 6.45) is -0.285. The molecule has 0 saturated carbocycles. The summed E-state index contributed by atoms with van der Waals surface area (Å²) in [5, 5.41) is 2.36. The molecule has 1 aliphatic heterocycles. The summed E-state index contributed by atoms with van der Waals surface area (Å²) in [4.78, 5) is 16.5. The third kappa shape index (κ3) is 6.55. The first-order chi connectivity index (χ1) is 23.1. The predicted molar refractivity (Wildman–Crippen MR) is 179 cm³/mol. The zero-order chi connectivity index (χ0) is 34.6. The lowest BCUT2D eigenvalue weighted by Crippen LogP contribution is -2.57. The highest BCUT2D eigenvalue weighted by Gasteiger charge is 2.36. The number of nitrogens with one attached hydrogen (secondary N) is 1. The van der Waals surface area contributed by atoms with Crippen LogP contribution in [-0.2, 0) is 9.84 Å². The maximum Gasteiger partial charge on any atom is 0.239 e. The number of sulfone groups is 1. The van der Waals surface area contributed by atoms with Crippen LogP contribution in [0.15, 0.2) is 62.6 Å². The number of piperazine rings is 1. The van der Waals surface area contributed by atoms with Gasteiger partial charge in [-0.05, 0) is 42.8 Å². The molecular formula is C34H40N2O11S. The molecule has 0 amide bonds. The van der Waals surface area contributed by atoms with Crippen molar-refractivity contribution in [3.05, 3.63) is 58.8 Å². The molecule has 1 aromatic heterocycles. The summed E-state index contributed by atoms with van der Waals surface area (Å²) in [6, 6.07) is 12.7. The van der Waals surface area contributed by atoms with Crippen LogP contribution in [-0.4, -0.2) is 87.2 Å². The predicted octanol–water partition coefficient (Wildman–Crippen LogP) is 4.33. The third-order valence-electron chi connectivity index (χ3n) is 8.22. The summed E-state index contributed by atoms with van der Waals surface area (Å²) >= 11 is 0. The van der Waals surface area contributed by atoms with E-state index in [0.717, 1.165) is 0 Å². The second kappa shape index (κ2) is 14.6. The minimum atomic E-state index is -3.77. The summed E-state index contributed by atoms with van der Waals surface area (Å²) in [5.41, 5.74) is 0.124. The first kappa shape index (κ1) is 34.7. The van der Waals surface area contributed by atoms with E-state index in [2.05, 4.69) is 5.32 Å². The van der Waals surface area contributed by atoms with Gasteiger partial charge in [-0.3, -0.25) is 15.0 Å². The lowest BCUT2D eigenvalue weighted by molar-refractivity contribution is 0.00956. The fraction of sp³-hybridized carbons (Fsp3) is 0.382. The Kier molecular flexibility index (Phi) is 10.6. The van der Waals surface area contributed by atoms with Crippen molar-refractivity contribution in [1.29, 1.82) is 0 Å². The van der Waals surface area contributed by atoms with Crippen molar-refractivity contribution in [1.82, 2.24) is 10.2 Å². The molecule has 1 aliphatic rings. The van der Waals surface area contributed by atoms with Gasteiger partial charge in [-0.2, -0.15) is 0 Å². The van der Waals surface area contributed by atoms with Gasteiger partial charge in [0.25, 0.3) is 0 Å². The number of hydrogen-bond acceptors (Lipinski definition) is 13. The molecule has 2 heterocycles. The van der Waals surface area contributed by atoms with Crippen molar-refractivity contribution in [2.75, 3.05) is 62.3 Å². The molecule has 258 valence electrons. The lowest BCUT2D eigenvalue weighted by Gasteiger charge is -2.38. The molecule has 5 rings (SSSR count). The average molecular weight is 685 g/mol. The number of benzene rings is 3. The smallest absolute Gasteiger partial charge is 0.239 e. The van der Waals surface area contributed by atoms with E-state index < -0.39 is 26.9 Å². The monoisotopic (exact) mass is 684 g/mol. The van der Waals surface area contributed by atoms with Gasteiger partial charge in [0.15, 0.2) is 33.3 Å². The standard InChI is InChI=1S/C34H40N2O11S/c1-8-29(36-14-13-35-28(19-36)48(38,39)23-11-9-21(40-2)10-12-23)47-34-31(37)30-24(42-4)17-22(41-3)18-25(30)46-32(34)20-15-26(43-5)33(45-7)27(16-20)44-6/h9-12,15-18,28-29,35H,8,13-14,19H2,1-7H3.